The number of anilines is 1. The fraction of sp³-hybridized carbons (Fsp3) is 0.364. The van der Waals surface area contributed by atoms with E-state index in [4.69, 9.17) is 23.2 Å². The van der Waals surface area contributed by atoms with Gasteiger partial charge in [-0.25, -0.2) is 4.79 Å². The monoisotopic (exact) mass is 258 g/mol. The van der Waals surface area contributed by atoms with Crippen molar-refractivity contribution in [2.75, 3.05) is 11.9 Å². The molecule has 0 saturated heterocycles. The van der Waals surface area contributed by atoms with Crippen LogP contribution in [-0.2, 0) is 0 Å². The van der Waals surface area contributed by atoms with Crippen LogP contribution in [0.3, 0.4) is 0 Å². The highest BCUT2D eigenvalue weighted by molar-refractivity contribution is 6.43. The largest absolute Gasteiger partial charge is 0.338 e. The number of hydrogen-bond donors (Lipinski definition) is 2. The molecule has 0 aliphatic heterocycles. The molecular formula is C11H12Cl2N2O. The van der Waals surface area contributed by atoms with E-state index in [1.165, 1.54) is 12.8 Å². The van der Waals surface area contributed by atoms with Crippen LogP contribution in [0.1, 0.15) is 12.8 Å². The second-order valence-electron chi connectivity index (χ2n) is 3.88. The average molecular weight is 259 g/mol. The minimum absolute atomic E-state index is 0.240. The summed E-state index contributed by atoms with van der Waals surface area (Å²) in [4.78, 5) is 11.5. The van der Waals surface area contributed by atoms with Gasteiger partial charge in [-0.3, -0.25) is 0 Å². The highest BCUT2D eigenvalue weighted by Crippen LogP contribution is 2.30. The van der Waals surface area contributed by atoms with E-state index >= 15 is 0 Å². The molecule has 86 valence electrons. The molecule has 0 bridgehead atoms. The maximum atomic E-state index is 11.5. The SMILES string of the molecule is O=C(NCC1CC1)Nc1cccc(Cl)c1Cl. The first kappa shape index (κ1) is 11.6. The Morgan fingerprint density at radius 3 is 2.81 bits per heavy atom. The van der Waals surface area contributed by atoms with Crippen LogP contribution in [-0.4, -0.2) is 12.6 Å². The van der Waals surface area contributed by atoms with Crippen LogP contribution in [0.15, 0.2) is 18.2 Å². The Hall–Kier alpha value is -0.930. The minimum Gasteiger partial charge on any atom is -0.338 e. The maximum Gasteiger partial charge on any atom is 0.319 e. The third-order valence-corrected chi connectivity index (χ3v) is 3.27. The Bertz CT molecular complexity index is 405. The Labute approximate surface area is 104 Å². The van der Waals surface area contributed by atoms with Crippen molar-refractivity contribution < 1.29 is 4.79 Å². The molecule has 1 aliphatic carbocycles. The minimum atomic E-state index is -0.240. The van der Waals surface area contributed by atoms with Crippen molar-refractivity contribution in [2.45, 2.75) is 12.8 Å². The van der Waals surface area contributed by atoms with Gasteiger partial charge < -0.3 is 10.6 Å². The van der Waals surface area contributed by atoms with Gasteiger partial charge in [0.2, 0.25) is 0 Å². The van der Waals surface area contributed by atoms with Gasteiger partial charge in [0, 0.05) is 6.54 Å². The summed E-state index contributed by atoms with van der Waals surface area (Å²) < 4.78 is 0. The zero-order valence-corrected chi connectivity index (χ0v) is 10.1. The second-order valence-corrected chi connectivity index (χ2v) is 4.66. The van der Waals surface area contributed by atoms with Gasteiger partial charge in [0.1, 0.15) is 0 Å². The number of halogens is 2. The molecule has 1 saturated carbocycles. The van der Waals surface area contributed by atoms with E-state index in [2.05, 4.69) is 10.6 Å². The number of nitrogens with one attached hydrogen (secondary N) is 2. The predicted octanol–water partition coefficient (Wildman–Crippen LogP) is 3.52. The normalized spacial score (nSPS) is 14.6. The first-order valence-electron chi connectivity index (χ1n) is 5.15. The fourth-order valence-corrected chi connectivity index (χ4v) is 1.67. The highest BCUT2D eigenvalue weighted by Gasteiger charge is 2.21. The second kappa shape index (κ2) is 4.93. The zero-order chi connectivity index (χ0) is 11.5. The van der Waals surface area contributed by atoms with E-state index in [1.807, 2.05) is 0 Å². The van der Waals surface area contributed by atoms with Crippen LogP contribution in [0.25, 0.3) is 0 Å². The lowest BCUT2D eigenvalue weighted by Gasteiger charge is -2.09. The summed E-state index contributed by atoms with van der Waals surface area (Å²) in [6.45, 7) is 0.726. The summed E-state index contributed by atoms with van der Waals surface area (Å²) in [6.07, 6.45) is 2.41. The van der Waals surface area contributed by atoms with Gasteiger partial charge in [-0.15, -0.1) is 0 Å². The Morgan fingerprint density at radius 2 is 2.12 bits per heavy atom. The third-order valence-electron chi connectivity index (χ3n) is 2.45. The number of carbonyl (C=O) groups is 1. The van der Waals surface area contributed by atoms with Gasteiger partial charge in [0.25, 0.3) is 0 Å². The van der Waals surface area contributed by atoms with Gasteiger partial charge in [-0.1, -0.05) is 29.3 Å². The lowest BCUT2D eigenvalue weighted by molar-refractivity contribution is 0.251. The standard InChI is InChI=1S/C11H12Cl2N2O/c12-8-2-1-3-9(10(8)13)15-11(16)14-6-7-4-5-7/h1-3,7H,4-6H2,(H2,14,15,16). The van der Waals surface area contributed by atoms with E-state index in [0.29, 0.717) is 21.7 Å². The van der Waals surface area contributed by atoms with Crippen molar-refractivity contribution >= 4 is 34.9 Å². The van der Waals surface area contributed by atoms with Gasteiger partial charge >= 0.3 is 6.03 Å². The fourth-order valence-electron chi connectivity index (χ4n) is 1.33. The van der Waals surface area contributed by atoms with Crippen molar-refractivity contribution in [3.63, 3.8) is 0 Å². The summed E-state index contributed by atoms with van der Waals surface area (Å²) >= 11 is 11.8. The molecule has 2 rings (SSSR count). The van der Waals surface area contributed by atoms with Crippen LogP contribution in [0.5, 0.6) is 0 Å². The van der Waals surface area contributed by atoms with Crippen LogP contribution in [0, 0.1) is 5.92 Å². The van der Waals surface area contributed by atoms with Gasteiger partial charge in [0.15, 0.2) is 0 Å². The van der Waals surface area contributed by atoms with E-state index in [0.717, 1.165) is 6.54 Å². The van der Waals surface area contributed by atoms with Crippen LogP contribution < -0.4 is 10.6 Å². The zero-order valence-electron chi connectivity index (χ0n) is 8.59. The van der Waals surface area contributed by atoms with E-state index in [9.17, 15) is 4.79 Å². The number of carbonyl (C=O) groups excluding carboxylic acids is 1. The molecule has 3 nitrogen and oxygen atoms in total. The Morgan fingerprint density at radius 1 is 1.38 bits per heavy atom. The lowest BCUT2D eigenvalue weighted by Crippen LogP contribution is -2.30. The number of urea groups is 1. The van der Waals surface area contributed by atoms with Crippen LogP contribution in [0.4, 0.5) is 10.5 Å². The Balaban J connectivity index is 1.91. The molecule has 2 amide bonds. The van der Waals surface area contributed by atoms with Crippen LogP contribution in [0.2, 0.25) is 10.0 Å². The third kappa shape index (κ3) is 3.03. The smallest absolute Gasteiger partial charge is 0.319 e. The molecule has 2 N–H and O–H groups in total. The molecule has 1 aliphatic rings. The molecule has 5 heteroatoms. The first-order valence-corrected chi connectivity index (χ1v) is 5.91. The summed E-state index contributed by atoms with van der Waals surface area (Å²) in [5.74, 6) is 0.653. The molecule has 16 heavy (non-hydrogen) atoms. The maximum absolute atomic E-state index is 11.5. The molecule has 0 aromatic heterocycles. The summed E-state index contributed by atoms with van der Waals surface area (Å²) in [6, 6.07) is 4.89. The number of amides is 2. The van der Waals surface area contributed by atoms with Crippen molar-refractivity contribution in [3.8, 4) is 0 Å². The lowest BCUT2D eigenvalue weighted by atomic mass is 10.3. The van der Waals surface area contributed by atoms with E-state index in [1.54, 1.807) is 18.2 Å². The first-order chi connectivity index (χ1) is 7.66. The van der Waals surface area contributed by atoms with Gasteiger partial charge in [-0.05, 0) is 30.9 Å². The van der Waals surface area contributed by atoms with Gasteiger partial charge in [0.05, 0.1) is 15.7 Å². The van der Waals surface area contributed by atoms with Crippen molar-refractivity contribution in [1.29, 1.82) is 0 Å². The van der Waals surface area contributed by atoms with E-state index < -0.39 is 0 Å². The van der Waals surface area contributed by atoms with Crippen molar-refractivity contribution in [1.82, 2.24) is 5.32 Å². The predicted molar refractivity (Wildman–Crippen MR) is 66.2 cm³/mol. The molecule has 1 aromatic rings. The summed E-state index contributed by atoms with van der Waals surface area (Å²) in [5.41, 5.74) is 0.530. The van der Waals surface area contributed by atoms with Crippen molar-refractivity contribution in [3.05, 3.63) is 28.2 Å². The highest BCUT2D eigenvalue weighted by atomic mass is 35.5. The molecule has 0 radical (unpaired) electrons. The quantitative estimate of drug-likeness (QED) is 0.856. The van der Waals surface area contributed by atoms with E-state index in [-0.39, 0.29) is 6.03 Å². The molecule has 0 heterocycles. The summed E-state index contributed by atoms with van der Waals surface area (Å²) in [7, 11) is 0. The van der Waals surface area contributed by atoms with Crippen LogP contribution >= 0.6 is 23.2 Å². The molecule has 0 unspecified atom stereocenters. The number of hydrogen-bond acceptors (Lipinski definition) is 1. The summed E-state index contributed by atoms with van der Waals surface area (Å²) in [5, 5.41) is 6.25. The molecule has 0 spiro atoms. The number of rotatable bonds is 3. The molecule has 0 atom stereocenters. The number of benzene rings is 1. The average Bonchev–Trinajstić information content (AvgIpc) is 3.06. The molecular weight excluding hydrogens is 247 g/mol. The molecule has 1 aromatic carbocycles. The van der Waals surface area contributed by atoms with Gasteiger partial charge in [-0.2, -0.15) is 0 Å². The van der Waals surface area contributed by atoms with Crippen molar-refractivity contribution in [2.24, 2.45) is 5.92 Å². The Kier molecular flexibility index (Phi) is 3.56. The molecule has 1 fully saturated rings. The topological polar surface area (TPSA) is 41.1 Å².